The Morgan fingerprint density at radius 3 is 2.83 bits per heavy atom. The van der Waals surface area contributed by atoms with Gasteiger partial charge in [-0.15, -0.1) is 0 Å². The second-order valence-electron chi connectivity index (χ2n) is 5.35. The fraction of sp³-hybridized carbons (Fsp3) is 0.429. The summed E-state index contributed by atoms with van der Waals surface area (Å²) >= 11 is 3.31. The number of benzene rings is 1. The van der Waals surface area contributed by atoms with Crippen LogP contribution in [0.1, 0.15) is 15.9 Å². The molecule has 1 aromatic carbocycles. The number of fused-ring (bicyclic) bond motifs is 2. The molecule has 0 bridgehead atoms. The van der Waals surface area contributed by atoms with Crippen LogP contribution in [0.5, 0.6) is 0 Å². The average Bonchev–Trinajstić information content (AvgIpc) is 2.47. The Kier molecular flexibility index (Phi) is 4.09. The highest BCUT2D eigenvalue weighted by Crippen LogP contribution is 2.30. The Morgan fingerprint density at radius 2 is 2.13 bits per heavy atom. The van der Waals surface area contributed by atoms with Crippen LogP contribution in [0.4, 0.5) is 13.2 Å². The molecule has 5 nitrogen and oxygen atoms in total. The van der Waals surface area contributed by atoms with Crippen molar-refractivity contribution in [1.29, 1.82) is 0 Å². The van der Waals surface area contributed by atoms with E-state index >= 15 is 0 Å². The van der Waals surface area contributed by atoms with E-state index in [4.69, 9.17) is 0 Å². The Bertz CT molecular complexity index is 665. The lowest BCUT2D eigenvalue weighted by atomic mass is 9.91. The van der Waals surface area contributed by atoms with E-state index in [1.807, 2.05) is 0 Å². The first kappa shape index (κ1) is 16.3. The van der Waals surface area contributed by atoms with Crippen LogP contribution >= 0.6 is 15.9 Å². The summed E-state index contributed by atoms with van der Waals surface area (Å²) in [5.74, 6) is -2.53. The monoisotopic (exact) mass is 392 g/mol. The Labute approximate surface area is 137 Å². The lowest BCUT2D eigenvalue weighted by molar-refractivity contribution is -0.210. The number of rotatable bonds is 1. The molecule has 9 heteroatoms. The van der Waals surface area contributed by atoms with Gasteiger partial charge in [-0.05, 0) is 30.2 Å². The molecule has 3 rings (SSSR count). The van der Waals surface area contributed by atoms with Crippen LogP contribution in [0.2, 0.25) is 0 Å². The van der Waals surface area contributed by atoms with Gasteiger partial charge in [0, 0.05) is 23.1 Å². The summed E-state index contributed by atoms with van der Waals surface area (Å²) in [7, 11) is 0. The lowest BCUT2D eigenvalue weighted by Gasteiger charge is -2.44. The quantitative estimate of drug-likeness (QED) is 0.741. The maximum Gasteiger partial charge on any atom is 0.490 e. The Balaban J connectivity index is 1.87. The van der Waals surface area contributed by atoms with E-state index in [9.17, 15) is 22.8 Å². The molecule has 0 aromatic heterocycles. The number of nitrogens with zero attached hydrogens (tertiary/aromatic N) is 1. The first-order valence-electron chi connectivity index (χ1n) is 6.88. The summed E-state index contributed by atoms with van der Waals surface area (Å²) in [6, 6.07) is 4.50. The first-order chi connectivity index (χ1) is 10.8. The molecule has 1 saturated heterocycles. The molecular weight excluding hydrogens is 381 g/mol. The van der Waals surface area contributed by atoms with Crippen molar-refractivity contribution in [2.75, 3.05) is 13.1 Å². The van der Waals surface area contributed by atoms with Crippen LogP contribution in [0.25, 0.3) is 0 Å². The predicted octanol–water partition coefficient (Wildman–Crippen LogP) is 1.85. The molecule has 1 unspecified atom stereocenters. The molecule has 0 spiro atoms. The lowest BCUT2D eigenvalue weighted by Crippen LogP contribution is -2.63. The van der Waals surface area contributed by atoms with Crippen molar-refractivity contribution in [3.05, 3.63) is 33.8 Å². The summed E-state index contributed by atoms with van der Waals surface area (Å²) < 4.78 is 42.5. The van der Waals surface area contributed by atoms with E-state index in [0.29, 0.717) is 24.1 Å². The zero-order chi connectivity index (χ0) is 16.8. The van der Waals surface area contributed by atoms with Crippen molar-refractivity contribution in [2.24, 2.45) is 0 Å². The molecule has 0 aliphatic carbocycles. The summed E-state index contributed by atoms with van der Waals surface area (Å²) in [6.45, 7) is 0.600. The number of alkyl halides is 3. The number of hydrogen-bond acceptors (Lipinski definition) is 4. The molecule has 124 valence electrons. The Morgan fingerprint density at radius 1 is 1.39 bits per heavy atom. The minimum atomic E-state index is -5.07. The fourth-order valence-electron chi connectivity index (χ4n) is 2.88. The number of nitrogens with one attached hydrogen (secondary N) is 1. The van der Waals surface area contributed by atoms with Gasteiger partial charge in [-0.1, -0.05) is 15.9 Å². The summed E-state index contributed by atoms with van der Waals surface area (Å²) in [4.78, 5) is 25.1. The van der Waals surface area contributed by atoms with Crippen LogP contribution in [0.3, 0.4) is 0 Å². The van der Waals surface area contributed by atoms with E-state index in [0.717, 1.165) is 4.47 Å². The highest BCUT2D eigenvalue weighted by molar-refractivity contribution is 9.10. The van der Waals surface area contributed by atoms with E-state index in [1.165, 1.54) is 4.90 Å². The summed E-state index contributed by atoms with van der Waals surface area (Å²) in [6.07, 6.45) is -5.94. The van der Waals surface area contributed by atoms with E-state index in [2.05, 4.69) is 26.0 Å². The van der Waals surface area contributed by atoms with E-state index in [-0.39, 0.29) is 12.5 Å². The average molecular weight is 393 g/mol. The molecule has 2 aliphatic heterocycles. The van der Waals surface area contributed by atoms with Crippen molar-refractivity contribution in [2.45, 2.75) is 24.9 Å². The number of esters is 1. The number of carbonyl (C=O) groups is 2. The predicted molar refractivity (Wildman–Crippen MR) is 76.6 cm³/mol. The van der Waals surface area contributed by atoms with Crippen LogP contribution in [0, 0.1) is 0 Å². The van der Waals surface area contributed by atoms with Crippen molar-refractivity contribution < 1.29 is 27.5 Å². The van der Waals surface area contributed by atoms with Crippen molar-refractivity contribution in [1.82, 2.24) is 10.2 Å². The van der Waals surface area contributed by atoms with Crippen molar-refractivity contribution in [3.63, 3.8) is 0 Å². The molecule has 2 heterocycles. The third-order valence-electron chi connectivity index (χ3n) is 3.90. The Hall–Kier alpha value is -1.61. The third-order valence-corrected chi connectivity index (χ3v) is 4.39. The zero-order valence-corrected chi connectivity index (χ0v) is 13.3. The number of hydrogen-bond donors (Lipinski definition) is 1. The molecular formula is C14H12BrF3N2O3. The van der Waals surface area contributed by atoms with Gasteiger partial charge in [-0.25, -0.2) is 4.79 Å². The molecule has 1 amide bonds. The molecule has 1 fully saturated rings. The van der Waals surface area contributed by atoms with E-state index < -0.39 is 24.4 Å². The topological polar surface area (TPSA) is 58.6 Å². The number of carbonyl (C=O) groups excluding carboxylic acids is 2. The van der Waals surface area contributed by atoms with Crippen LogP contribution in [0.15, 0.2) is 22.7 Å². The highest BCUT2D eigenvalue weighted by atomic mass is 79.9. The van der Waals surface area contributed by atoms with Gasteiger partial charge in [0.2, 0.25) is 0 Å². The standard InChI is InChI=1S/C14H12BrF3N2O3/c15-8-1-2-9-7(5-8)6-10-11(23-13(22)14(16,17)18)19-3-4-20(10)12(9)21/h1-2,5,10-11,19H,3-4,6H2/t10-,11?/m1/s1. The molecule has 1 N–H and O–H groups in total. The second kappa shape index (κ2) is 5.79. The SMILES string of the molecule is O=C1c2ccc(Br)cc2C[C@@H]2C(OC(=O)C(F)(F)F)NCCN12. The zero-order valence-electron chi connectivity index (χ0n) is 11.7. The summed E-state index contributed by atoms with van der Waals surface area (Å²) in [5, 5.41) is 2.74. The van der Waals surface area contributed by atoms with Crippen molar-refractivity contribution in [3.8, 4) is 0 Å². The smallest absolute Gasteiger partial charge is 0.438 e. The molecule has 2 aliphatic rings. The molecule has 1 aromatic rings. The minimum Gasteiger partial charge on any atom is -0.438 e. The molecule has 23 heavy (non-hydrogen) atoms. The van der Waals surface area contributed by atoms with Gasteiger partial charge < -0.3 is 9.64 Å². The van der Waals surface area contributed by atoms with E-state index in [1.54, 1.807) is 18.2 Å². The normalized spacial score (nSPS) is 24.0. The van der Waals surface area contributed by atoms with Gasteiger partial charge in [0.25, 0.3) is 5.91 Å². The maximum absolute atomic E-state index is 12.5. The van der Waals surface area contributed by atoms with Crippen LogP contribution < -0.4 is 5.32 Å². The van der Waals surface area contributed by atoms with Gasteiger partial charge in [0.1, 0.15) is 0 Å². The maximum atomic E-state index is 12.5. The van der Waals surface area contributed by atoms with Gasteiger partial charge in [0.15, 0.2) is 6.23 Å². The first-order valence-corrected chi connectivity index (χ1v) is 7.67. The van der Waals surface area contributed by atoms with Crippen LogP contribution in [-0.4, -0.2) is 48.3 Å². The molecule has 0 radical (unpaired) electrons. The third kappa shape index (κ3) is 3.07. The highest BCUT2D eigenvalue weighted by Gasteiger charge is 2.46. The largest absolute Gasteiger partial charge is 0.490 e. The summed E-state index contributed by atoms with van der Waals surface area (Å²) in [5.41, 5.74) is 1.23. The number of ether oxygens (including phenoxy) is 1. The van der Waals surface area contributed by atoms with Gasteiger partial charge in [-0.3, -0.25) is 10.1 Å². The fourth-order valence-corrected chi connectivity index (χ4v) is 3.29. The molecule has 0 saturated carbocycles. The van der Waals surface area contributed by atoms with Crippen LogP contribution in [-0.2, 0) is 16.0 Å². The van der Waals surface area contributed by atoms with Gasteiger partial charge >= 0.3 is 12.1 Å². The number of halogens is 4. The van der Waals surface area contributed by atoms with Crippen molar-refractivity contribution >= 4 is 27.8 Å². The van der Waals surface area contributed by atoms with Gasteiger partial charge in [-0.2, -0.15) is 13.2 Å². The number of amides is 1. The second-order valence-corrected chi connectivity index (χ2v) is 6.26. The minimum absolute atomic E-state index is 0.254. The number of piperazine rings is 1. The molecule has 2 atom stereocenters. The van der Waals surface area contributed by atoms with Gasteiger partial charge in [0.05, 0.1) is 6.04 Å².